The van der Waals surface area contributed by atoms with E-state index in [9.17, 15) is 9.59 Å². The molecule has 0 saturated carbocycles. The first-order valence-corrected chi connectivity index (χ1v) is 9.21. The Hall–Kier alpha value is -2.61. The number of piperazine rings is 1. The number of carbonyl (C=O) groups is 2. The Kier molecular flexibility index (Phi) is 5.95. The first-order chi connectivity index (χ1) is 13.0. The molecule has 0 aromatic carbocycles. The number of aromatic nitrogens is 1. The fraction of sp³-hybridized carbons (Fsp3) is 0.526. The van der Waals surface area contributed by atoms with Crippen LogP contribution in [-0.2, 0) is 29.1 Å². The summed E-state index contributed by atoms with van der Waals surface area (Å²) < 4.78 is 10.9. The smallest absolute Gasteiger partial charge is 0.237 e. The van der Waals surface area contributed by atoms with E-state index in [0.29, 0.717) is 31.9 Å². The van der Waals surface area contributed by atoms with Crippen molar-refractivity contribution in [3.8, 4) is 0 Å². The van der Waals surface area contributed by atoms with Crippen molar-refractivity contribution in [1.29, 1.82) is 0 Å². The lowest BCUT2D eigenvalue weighted by Crippen LogP contribution is -2.56. The van der Waals surface area contributed by atoms with E-state index < -0.39 is 6.04 Å². The van der Waals surface area contributed by atoms with Crippen LogP contribution in [0.5, 0.6) is 0 Å². The van der Waals surface area contributed by atoms with Crippen molar-refractivity contribution < 1.29 is 18.5 Å². The molecule has 3 rings (SSSR count). The second-order valence-electron chi connectivity index (χ2n) is 6.88. The van der Waals surface area contributed by atoms with E-state index in [1.54, 1.807) is 11.9 Å². The Morgan fingerprint density at radius 2 is 2.22 bits per heavy atom. The summed E-state index contributed by atoms with van der Waals surface area (Å²) in [4.78, 5) is 28.6. The highest BCUT2D eigenvalue weighted by atomic mass is 16.5. The minimum atomic E-state index is -0.514. The highest BCUT2D eigenvalue weighted by molar-refractivity contribution is 5.88. The Morgan fingerprint density at radius 1 is 1.41 bits per heavy atom. The first-order valence-electron chi connectivity index (χ1n) is 9.21. The molecule has 1 atom stereocenters. The number of hydrogen-bond acceptors (Lipinski definition) is 6. The van der Waals surface area contributed by atoms with Gasteiger partial charge in [-0.1, -0.05) is 12.1 Å². The van der Waals surface area contributed by atoms with Gasteiger partial charge >= 0.3 is 0 Å². The standard InChI is InChI=1S/C19H26N4O4/c1-4-14-9-16(27-21-14)11-22(3)18(24)10-17-19(25)20-7-8-23(17)12-15-6-5-13(2)26-15/h5-6,9,17H,4,7-8,10-12H2,1-3H3,(H,20,25). The fourth-order valence-corrected chi connectivity index (χ4v) is 3.18. The molecule has 8 heteroatoms. The van der Waals surface area contributed by atoms with E-state index in [-0.39, 0.29) is 18.2 Å². The molecule has 8 nitrogen and oxygen atoms in total. The number of carbonyl (C=O) groups excluding carboxylic acids is 2. The molecule has 146 valence electrons. The molecule has 3 heterocycles. The number of rotatable bonds is 7. The van der Waals surface area contributed by atoms with Crippen LogP contribution in [0.3, 0.4) is 0 Å². The van der Waals surface area contributed by atoms with Gasteiger partial charge in [-0.15, -0.1) is 0 Å². The van der Waals surface area contributed by atoms with Gasteiger partial charge in [0.15, 0.2) is 5.76 Å². The van der Waals surface area contributed by atoms with Gasteiger partial charge in [0, 0.05) is 26.2 Å². The molecule has 2 amide bonds. The lowest BCUT2D eigenvalue weighted by atomic mass is 10.1. The third-order valence-electron chi connectivity index (χ3n) is 4.75. The van der Waals surface area contributed by atoms with Crippen LogP contribution in [0.1, 0.15) is 36.3 Å². The molecule has 1 N–H and O–H groups in total. The molecule has 2 aromatic heterocycles. The summed E-state index contributed by atoms with van der Waals surface area (Å²) in [5.74, 6) is 2.02. The van der Waals surface area contributed by atoms with Gasteiger partial charge in [-0.2, -0.15) is 0 Å². The van der Waals surface area contributed by atoms with E-state index in [1.165, 1.54) is 0 Å². The molecule has 1 aliphatic rings. The Bertz CT molecular complexity index is 797. The molecule has 2 aromatic rings. The summed E-state index contributed by atoms with van der Waals surface area (Å²) in [6.45, 7) is 5.96. The number of amides is 2. The summed E-state index contributed by atoms with van der Waals surface area (Å²) in [5, 5.41) is 6.79. The average molecular weight is 374 g/mol. The van der Waals surface area contributed by atoms with Gasteiger partial charge in [0.2, 0.25) is 11.8 Å². The van der Waals surface area contributed by atoms with Crippen molar-refractivity contribution in [1.82, 2.24) is 20.3 Å². The zero-order valence-corrected chi connectivity index (χ0v) is 16.0. The fourth-order valence-electron chi connectivity index (χ4n) is 3.18. The molecule has 0 bridgehead atoms. The quantitative estimate of drug-likeness (QED) is 0.789. The number of aryl methyl sites for hydroxylation is 2. The van der Waals surface area contributed by atoms with Gasteiger partial charge in [-0.05, 0) is 25.5 Å². The first kappa shape index (κ1) is 19.2. The highest BCUT2D eigenvalue weighted by Gasteiger charge is 2.33. The lowest BCUT2D eigenvalue weighted by molar-refractivity contribution is -0.138. The summed E-state index contributed by atoms with van der Waals surface area (Å²) in [6.07, 6.45) is 0.890. The predicted octanol–water partition coefficient (Wildman–Crippen LogP) is 1.49. The van der Waals surface area contributed by atoms with Crippen molar-refractivity contribution in [2.24, 2.45) is 0 Å². The minimum Gasteiger partial charge on any atom is -0.465 e. The van der Waals surface area contributed by atoms with E-state index in [2.05, 4.69) is 10.5 Å². The van der Waals surface area contributed by atoms with Crippen LogP contribution in [0.4, 0.5) is 0 Å². The van der Waals surface area contributed by atoms with Crippen molar-refractivity contribution in [2.75, 3.05) is 20.1 Å². The summed E-state index contributed by atoms with van der Waals surface area (Å²) in [7, 11) is 1.71. The van der Waals surface area contributed by atoms with E-state index in [4.69, 9.17) is 8.94 Å². The van der Waals surface area contributed by atoms with E-state index >= 15 is 0 Å². The van der Waals surface area contributed by atoms with Gasteiger partial charge in [0.1, 0.15) is 11.5 Å². The molecule has 0 spiro atoms. The van der Waals surface area contributed by atoms with Gasteiger partial charge in [-0.3, -0.25) is 14.5 Å². The minimum absolute atomic E-state index is 0.108. The van der Waals surface area contributed by atoms with Crippen LogP contribution in [0, 0.1) is 6.92 Å². The van der Waals surface area contributed by atoms with Crippen molar-refractivity contribution in [3.63, 3.8) is 0 Å². The van der Waals surface area contributed by atoms with Gasteiger partial charge in [0.25, 0.3) is 0 Å². The maximum absolute atomic E-state index is 12.7. The maximum atomic E-state index is 12.7. The SMILES string of the molecule is CCc1cc(CN(C)C(=O)CC2C(=O)NCCN2Cc2ccc(C)o2)on1. The Balaban J connectivity index is 1.62. The molecular formula is C19H26N4O4. The highest BCUT2D eigenvalue weighted by Crippen LogP contribution is 2.17. The molecular weight excluding hydrogens is 348 g/mol. The zero-order chi connectivity index (χ0) is 19.4. The summed E-state index contributed by atoms with van der Waals surface area (Å²) in [6, 6.07) is 5.14. The van der Waals surface area contributed by atoms with Crippen LogP contribution in [0.25, 0.3) is 0 Å². The molecule has 1 aliphatic heterocycles. The Morgan fingerprint density at radius 3 is 2.89 bits per heavy atom. The van der Waals surface area contributed by atoms with Crippen LogP contribution in [0.15, 0.2) is 27.1 Å². The third kappa shape index (κ3) is 4.77. The van der Waals surface area contributed by atoms with Crippen LogP contribution >= 0.6 is 0 Å². The number of nitrogens with one attached hydrogen (secondary N) is 1. The average Bonchev–Trinajstić information content (AvgIpc) is 3.26. The predicted molar refractivity (Wildman–Crippen MR) is 97.6 cm³/mol. The number of hydrogen-bond donors (Lipinski definition) is 1. The van der Waals surface area contributed by atoms with Crippen molar-refractivity contribution in [3.05, 3.63) is 41.2 Å². The normalized spacial score (nSPS) is 17.7. The maximum Gasteiger partial charge on any atom is 0.237 e. The van der Waals surface area contributed by atoms with Gasteiger partial charge < -0.3 is 19.2 Å². The molecule has 0 aliphatic carbocycles. The third-order valence-corrected chi connectivity index (χ3v) is 4.75. The van der Waals surface area contributed by atoms with Crippen LogP contribution in [0.2, 0.25) is 0 Å². The molecule has 1 saturated heterocycles. The molecule has 27 heavy (non-hydrogen) atoms. The Labute approximate surface area is 158 Å². The van der Waals surface area contributed by atoms with Crippen molar-refractivity contribution >= 4 is 11.8 Å². The largest absolute Gasteiger partial charge is 0.465 e. The molecule has 1 fully saturated rings. The zero-order valence-electron chi connectivity index (χ0n) is 16.0. The topological polar surface area (TPSA) is 91.8 Å². The molecule has 1 unspecified atom stereocenters. The van der Waals surface area contributed by atoms with E-state index in [0.717, 1.165) is 23.6 Å². The molecule has 0 radical (unpaired) electrons. The monoisotopic (exact) mass is 374 g/mol. The van der Waals surface area contributed by atoms with Crippen LogP contribution < -0.4 is 5.32 Å². The van der Waals surface area contributed by atoms with Crippen molar-refractivity contribution in [2.45, 2.75) is 45.8 Å². The van der Waals surface area contributed by atoms with Crippen LogP contribution in [-0.4, -0.2) is 52.9 Å². The van der Waals surface area contributed by atoms with Gasteiger partial charge in [0.05, 0.1) is 31.2 Å². The number of furan rings is 1. The summed E-state index contributed by atoms with van der Waals surface area (Å²) in [5.41, 5.74) is 0.859. The van der Waals surface area contributed by atoms with E-state index in [1.807, 2.05) is 36.9 Å². The van der Waals surface area contributed by atoms with Gasteiger partial charge in [-0.25, -0.2) is 0 Å². The lowest BCUT2D eigenvalue weighted by Gasteiger charge is -2.34. The second kappa shape index (κ2) is 8.39. The second-order valence-corrected chi connectivity index (χ2v) is 6.88. The number of nitrogens with zero attached hydrogens (tertiary/aromatic N) is 3. The summed E-state index contributed by atoms with van der Waals surface area (Å²) >= 11 is 0.